The lowest BCUT2D eigenvalue weighted by Gasteiger charge is -2.51. The third-order valence-corrected chi connectivity index (χ3v) is 18.8. The fourth-order valence-electron chi connectivity index (χ4n) is 5.14. The highest BCUT2D eigenvalue weighted by atomic mass is 32.2. The Balaban J connectivity index is 2.10. The zero-order valence-corrected chi connectivity index (χ0v) is 24.1. The minimum absolute atomic E-state index is 0.151. The van der Waals surface area contributed by atoms with Crippen LogP contribution in [0.3, 0.4) is 0 Å². The lowest BCUT2D eigenvalue weighted by Crippen LogP contribution is -2.65. The van der Waals surface area contributed by atoms with Crippen LogP contribution in [-0.2, 0) is 13.0 Å². The smallest absolute Gasteiger partial charge is 0.335 e. The first-order chi connectivity index (χ1) is 15.3. The van der Waals surface area contributed by atoms with Crippen molar-refractivity contribution in [2.24, 2.45) is 0 Å². The largest absolute Gasteiger partial charge is 0.414 e. The molecule has 188 valence electrons. The molecule has 0 aromatic carbocycles. The van der Waals surface area contributed by atoms with Crippen molar-refractivity contribution >= 4 is 28.9 Å². The van der Waals surface area contributed by atoms with E-state index >= 15 is 0 Å². The number of aliphatic hydroxyl groups excluding tert-OH is 1. The van der Waals surface area contributed by atoms with E-state index in [1.165, 1.54) is 22.5 Å². The average Bonchev–Trinajstić information content (AvgIpc) is 2.98. The second kappa shape index (κ2) is 9.75. The number of aromatic amines is 1. The molecule has 0 bridgehead atoms. The van der Waals surface area contributed by atoms with Crippen LogP contribution in [0.15, 0.2) is 15.8 Å². The Bertz CT molecular complexity index is 947. The van der Waals surface area contributed by atoms with E-state index in [0.29, 0.717) is 12.2 Å². The topological polar surface area (TPSA) is 103 Å². The molecule has 0 spiro atoms. The minimum atomic E-state index is -2.85. The molecule has 4 atom stereocenters. The molecule has 2 saturated heterocycles. The van der Waals surface area contributed by atoms with Crippen molar-refractivity contribution in [3.8, 4) is 0 Å². The lowest BCUT2D eigenvalue weighted by atomic mass is 10.1. The molecule has 1 aromatic rings. The molecule has 33 heavy (non-hydrogen) atoms. The van der Waals surface area contributed by atoms with Gasteiger partial charge in [0.05, 0.1) is 18.0 Å². The van der Waals surface area contributed by atoms with Crippen molar-refractivity contribution in [3.05, 3.63) is 32.6 Å². The Labute approximate surface area is 202 Å². The van der Waals surface area contributed by atoms with Crippen molar-refractivity contribution in [1.29, 1.82) is 0 Å². The van der Waals surface area contributed by atoms with Gasteiger partial charge in [0.2, 0.25) is 0 Å². The molecule has 0 amide bonds. The van der Waals surface area contributed by atoms with Crippen LogP contribution in [0.25, 0.3) is 0 Å². The summed E-state index contributed by atoms with van der Waals surface area (Å²) in [5.74, 6) is 0. The summed E-state index contributed by atoms with van der Waals surface area (Å²) >= 11 is 1.49. The van der Waals surface area contributed by atoms with Crippen LogP contribution < -0.4 is 11.2 Å². The van der Waals surface area contributed by atoms with E-state index in [0.717, 1.165) is 0 Å². The molecule has 3 heterocycles. The first-order valence-corrected chi connectivity index (χ1v) is 16.8. The van der Waals surface area contributed by atoms with Gasteiger partial charge in [-0.3, -0.25) is 14.3 Å². The van der Waals surface area contributed by atoms with Gasteiger partial charge in [0, 0.05) is 11.8 Å². The molecule has 2 aliphatic rings. The lowest BCUT2D eigenvalue weighted by molar-refractivity contribution is -0.00916. The third kappa shape index (κ3) is 4.62. The molecule has 0 unspecified atom stereocenters. The van der Waals surface area contributed by atoms with Crippen LogP contribution in [0.5, 0.6) is 0 Å². The average molecular weight is 517 g/mol. The highest BCUT2D eigenvalue weighted by Gasteiger charge is 2.61. The summed E-state index contributed by atoms with van der Waals surface area (Å²) in [5.41, 5.74) is 0.252. The number of hydrogen-bond donors (Lipinski definition) is 2. The molecule has 0 radical (unpaired) electrons. The molecular weight excluding hydrogens is 476 g/mol. The van der Waals surface area contributed by atoms with Crippen molar-refractivity contribution in [2.75, 3.05) is 6.61 Å². The van der Waals surface area contributed by atoms with Gasteiger partial charge >= 0.3 is 22.8 Å². The quantitative estimate of drug-likeness (QED) is 0.574. The number of hydrogen-bond acceptors (Lipinski definition) is 7. The summed E-state index contributed by atoms with van der Waals surface area (Å²) < 4.78 is 22.3. The van der Waals surface area contributed by atoms with Gasteiger partial charge in [0.15, 0.2) is 0 Å². The first kappa shape index (κ1) is 26.9. The number of aryl methyl sites for hydroxylation is 1. The number of thioether (sulfide) groups is 1. The highest BCUT2D eigenvalue weighted by molar-refractivity contribution is 8.00. The summed E-state index contributed by atoms with van der Waals surface area (Å²) in [4.78, 5) is 26.8. The van der Waals surface area contributed by atoms with E-state index in [2.05, 4.69) is 60.4 Å². The first-order valence-electron chi connectivity index (χ1n) is 11.9. The zero-order valence-electron chi connectivity index (χ0n) is 21.2. The maximum Gasteiger partial charge on any atom is 0.335 e. The molecular formula is C22H40N2O6SSi2. The molecule has 3 rings (SSSR count). The molecule has 2 aliphatic heterocycles. The molecule has 0 saturated carbocycles. The predicted molar refractivity (Wildman–Crippen MR) is 136 cm³/mol. The summed E-state index contributed by atoms with van der Waals surface area (Å²) in [6.45, 7) is 19.3. The van der Waals surface area contributed by atoms with Crippen molar-refractivity contribution in [2.45, 2.75) is 107 Å². The van der Waals surface area contributed by atoms with E-state index in [9.17, 15) is 14.7 Å². The normalized spacial score (nSPS) is 29.5. The number of fused-ring (bicyclic) bond motifs is 1. The molecule has 2 fully saturated rings. The van der Waals surface area contributed by atoms with E-state index in [-0.39, 0.29) is 27.4 Å². The fraction of sp³-hybridized carbons (Fsp3) is 0.818. The van der Waals surface area contributed by atoms with Crippen LogP contribution >= 0.6 is 11.8 Å². The SMILES string of the molecule is Cc1cn([C@@H]2S[C@@H]3CO[Si](C(C)C)(C(C)C)O[Si](C(C)C)(C(C)C)O[C@H]3[C@H]2O)c(=O)[nH]c1=O. The predicted octanol–water partition coefficient (Wildman–Crippen LogP) is 3.78. The second-order valence-electron chi connectivity index (χ2n) is 10.6. The number of rotatable bonds is 5. The maximum absolute atomic E-state index is 12.6. The van der Waals surface area contributed by atoms with Gasteiger partial charge in [-0.05, 0) is 29.1 Å². The van der Waals surface area contributed by atoms with E-state index in [1.807, 2.05) is 0 Å². The van der Waals surface area contributed by atoms with Crippen LogP contribution in [0.1, 0.15) is 66.3 Å². The maximum atomic E-state index is 12.6. The summed E-state index contributed by atoms with van der Waals surface area (Å²) in [5, 5.41) is 10.7. The summed E-state index contributed by atoms with van der Waals surface area (Å²) in [6, 6.07) is 0. The van der Waals surface area contributed by atoms with Crippen LogP contribution in [0, 0.1) is 6.92 Å². The number of nitrogens with one attached hydrogen (secondary N) is 1. The minimum Gasteiger partial charge on any atom is -0.414 e. The van der Waals surface area contributed by atoms with Crippen molar-refractivity contribution in [1.82, 2.24) is 9.55 Å². The van der Waals surface area contributed by atoms with Crippen LogP contribution in [0.4, 0.5) is 0 Å². The van der Waals surface area contributed by atoms with Crippen molar-refractivity contribution < 1.29 is 18.1 Å². The Hall–Kier alpha value is -0.696. The van der Waals surface area contributed by atoms with Gasteiger partial charge in [-0.25, -0.2) is 4.79 Å². The van der Waals surface area contributed by atoms with Gasteiger partial charge in [-0.1, -0.05) is 55.4 Å². The van der Waals surface area contributed by atoms with Crippen LogP contribution in [-0.4, -0.2) is 55.8 Å². The third-order valence-electron chi connectivity index (χ3n) is 7.06. The molecule has 1 aromatic heterocycles. The highest BCUT2D eigenvalue weighted by Crippen LogP contribution is 2.51. The van der Waals surface area contributed by atoms with Crippen LogP contribution in [0.2, 0.25) is 22.2 Å². The molecule has 2 N–H and O–H groups in total. The molecule has 0 aliphatic carbocycles. The Morgan fingerprint density at radius 1 is 1.03 bits per heavy atom. The standard InChI is InChI=1S/C22H40N2O6SSi2/c1-12(2)32(13(3)4)28-11-17-19(29-33(30-32,14(5)6)15(7)8)18(25)21(31-17)24-10-16(9)20(26)23-22(24)27/h10,12-15,17-19,21,25H,11H2,1-9H3,(H,23,26,27)/t17-,18-,19-,21-/m1/s1. The van der Waals surface area contributed by atoms with E-state index < -0.39 is 46.0 Å². The summed E-state index contributed by atoms with van der Waals surface area (Å²) in [6.07, 6.45) is 0.0591. The summed E-state index contributed by atoms with van der Waals surface area (Å²) in [7, 11) is -5.52. The van der Waals surface area contributed by atoms with E-state index in [1.54, 1.807) is 6.92 Å². The number of nitrogens with zero attached hydrogens (tertiary/aromatic N) is 1. The second-order valence-corrected chi connectivity index (χ2v) is 20.8. The molecule has 11 heteroatoms. The van der Waals surface area contributed by atoms with Gasteiger partial charge in [0.25, 0.3) is 5.56 Å². The Kier molecular flexibility index (Phi) is 7.95. The van der Waals surface area contributed by atoms with Gasteiger partial charge in [-0.15, -0.1) is 11.8 Å². The zero-order chi connectivity index (χ0) is 24.9. The molecule has 8 nitrogen and oxygen atoms in total. The van der Waals surface area contributed by atoms with Gasteiger partial charge in [0.1, 0.15) is 11.5 Å². The fourth-order valence-corrected chi connectivity index (χ4v) is 18.1. The van der Waals surface area contributed by atoms with Gasteiger partial charge < -0.3 is 18.1 Å². The number of H-pyrrole nitrogens is 1. The van der Waals surface area contributed by atoms with Gasteiger partial charge in [-0.2, -0.15) is 0 Å². The number of aliphatic hydroxyl groups is 1. The Morgan fingerprint density at radius 2 is 1.58 bits per heavy atom. The van der Waals surface area contributed by atoms with E-state index in [4.69, 9.17) is 13.0 Å². The van der Waals surface area contributed by atoms with Crippen molar-refractivity contribution in [3.63, 3.8) is 0 Å². The Morgan fingerprint density at radius 3 is 2.09 bits per heavy atom. The number of aromatic nitrogens is 2. The monoisotopic (exact) mass is 516 g/mol.